The molecule has 9 heteroatoms. The Kier molecular flexibility index (Phi) is 11.1. The lowest BCUT2D eigenvalue weighted by Crippen LogP contribution is -2.47. The van der Waals surface area contributed by atoms with E-state index in [1.54, 1.807) is 47.6 Å². The minimum Gasteiger partial charge on any atom is -0.490 e. The van der Waals surface area contributed by atoms with Crippen LogP contribution in [0.1, 0.15) is 60.7 Å². The molecule has 0 fully saturated rings. The van der Waals surface area contributed by atoms with Gasteiger partial charge < -0.3 is 29.7 Å². The summed E-state index contributed by atoms with van der Waals surface area (Å²) in [6, 6.07) is 7.97. The maximum atomic E-state index is 14.1. The summed E-state index contributed by atoms with van der Waals surface area (Å²) >= 11 is 0. The monoisotopic (exact) mass is 526 g/mol. The first kappa shape index (κ1) is 29.5. The van der Waals surface area contributed by atoms with Crippen molar-refractivity contribution in [3.8, 4) is 5.75 Å². The number of likely N-dealkylation sites (N-methyl/N-ethyl adjacent to an activating group) is 1. The first-order valence-electron chi connectivity index (χ1n) is 13.4. The predicted octanol–water partition coefficient (Wildman–Crippen LogP) is 3.69. The maximum Gasteiger partial charge on any atom is 0.258 e. The Labute approximate surface area is 226 Å². The molecule has 0 aliphatic carbocycles. The van der Waals surface area contributed by atoms with Crippen LogP contribution >= 0.6 is 0 Å². The second kappa shape index (κ2) is 14.2. The van der Waals surface area contributed by atoms with Crippen molar-refractivity contribution in [1.82, 2.24) is 14.8 Å². The molecule has 1 aromatic heterocycles. The standard InChI is InChI=1S/C29H42N4O5/c1-20-17-33(21(2)19-34)29(36)25-16-24(31-28(35)23-11-13-30-14-12-23)9-10-26(25)38-22(3)8-6-7-15-37-27(20)18-32(4)5/h9-14,16,20-22,27,34H,6-8,15,17-19H2,1-5H3,(H,31,35)/t20-,21+,22+,27-/m1/s1. The van der Waals surface area contributed by atoms with Crippen molar-refractivity contribution < 1.29 is 24.2 Å². The number of carbonyl (C=O) groups excluding carboxylic acids is 2. The van der Waals surface area contributed by atoms with Crippen LogP contribution in [0.25, 0.3) is 0 Å². The molecule has 208 valence electrons. The molecule has 2 aromatic rings. The fourth-order valence-electron chi connectivity index (χ4n) is 4.53. The lowest BCUT2D eigenvalue weighted by molar-refractivity contribution is -0.0137. The maximum absolute atomic E-state index is 14.1. The highest BCUT2D eigenvalue weighted by Gasteiger charge is 2.30. The van der Waals surface area contributed by atoms with Gasteiger partial charge in [0.1, 0.15) is 5.75 Å². The van der Waals surface area contributed by atoms with Crippen LogP contribution < -0.4 is 10.1 Å². The number of aliphatic hydroxyl groups is 1. The van der Waals surface area contributed by atoms with Gasteiger partial charge in [-0.05, 0) is 77.5 Å². The summed E-state index contributed by atoms with van der Waals surface area (Å²) in [4.78, 5) is 34.6. The fourth-order valence-corrected chi connectivity index (χ4v) is 4.53. The molecule has 1 aliphatic heterocycles. The van der Waals surface area contributed by atoms with E-state index in [2.05, 4.69) is 22.1 Å². The third kappa shape index (κ3) is 8.24. The lowest BCUT2D eigenvalue weighted by atomic mass is 10.0. The number of aromatic nitrogens is 1. The van der Waals surface area contributed by atoms with Gasteiger partial charge in [-0.1, -0.05) is 6.92 Å². The Morgan fingerprint density at radius 3 is 2.63 bits per heavy atom. The van der Waals surface area contributed by atoms with E-state index in [1.807, 2.05) is 27.9 Å². The fraction of sp³-hybridized carbons (Fsp3) is 0.552. The Morgan fingerprint density at radius 1 is 1.21 bits per heavy atom. The molecular formula is C29H42N4O5. The van der Waals surface area contributed by atoms with Crippen LogP contribution in [0, 0.1) is 5.92 Å². The Bertz CT molecular complexity index is 1050. The molecule has 38 heavy (non-hydrogen) atoms. The summed E-state index contributed by atoms with van der Waals surface area (Å²) in [5, 5.41) is 12.9. The topological polar surface area (TPSA) is 104 Å². The summed E-state index contributed by atoms with van der Waals surface area (Å²) in [7, 11) is 4.02. The van der Waals surface area contributed by atoms with Gasteiger partial charge >= 0.3 is 0 Å². The number of pyridine rings is 1. The number of aliphatic hydroxyl groups excluding tert-OH is 1. The van der Waals surface area contributed by atoms with E-state index in [0.717, 1.165) is 25.8 Å². The van der Waals surface area contributed by atoms with E-state index in [0.29, 0.717) is 35.7 Å². The summed E-state index contributed by atoms with van der Waals surface area (Å²) < 4.78 is 12.5. The summed E-state index contributed by atoms with van der Waals surface area (Å²) in [6.45, 7) is 7.51. The lowest BCUT2D eigenvalue weighted by Gasteiger charge is -2.35. The van der Waals surface area contributed by atoms with Crippen LogP contribution in [0.2, 0.25) is 0 Å². The van der Waals surface area contributed by atoms with E-state index in [9.17, 15) is 14.7 Å². The van der Waals surface area contributed by atoms with E-state index in [-0.39, 0.29) is 36.5 Å². The molecule has 1 aliphatic rings. The van der Waals surface area contributed by atoms with Crippen LogP contribution in [-0.4, -0.2) is 90.4 Å². The highest BCUT2D eigenvalue weighted by atomic mass is 16.5. The van der Waals surface area contributed by atoms with Crippen LogP contribution in [0.4, 0.5) is 5.69 Å². The third-order valence-corrected chi connectivity index (χ3v) is 6.80. The number of ether oxygens (including phenoxy) is 2. The van der Waals surface area contributed by atoms with Crippen molar-refractivity contribution >= 4 is 17.5 Å². The predicted molar refractivity (Wildman–Crippen MR) is 148 cm³/mol. The number of fused-ring (bicyclic) bond motifs is 1. The van der Waals surface area contributed by atoms with Gasteiger partial charge in [-0.25, -0.2) is 0 Å². The second-order valence-corrected chi connectivity index (χ2v) is 10.5. The minimum atomic E-state index is -0.418. The first-order chi connectivity index (χ1) is 18.2. The minimum absolute atomic E-state index is 0.0242. The summed E-state index contributed by atoms with van der Waals surface area (Å²) in [5.41, 5.74) is 1.29. The molecule has 0 spiro atoms. The van der Waals surface area contributed by atoms with Crippen molar-refractivity contribution in [1.29, 1.82) is 0 Å². The van der Waals surface area contributed by atoms with Gasteiger partial charge in [0, 0.05) is 49.3 Å². The number of anilines is 1. The quantitative estimate of drug-likeness (QED) is 0.592. The number of nitrogens with zero attached hydrogens (tertiary/aromatic N) is 3. The molecule has 9 nitrogen and oxygen atoms in total. The van der Waals surface area contributed by atoms with Crippen molar-refractivity contribution in [2.75, 3.05) is 45.7 Å². The number of amides is 2. The number of benzene rings is 1. The second-order valence-electron chi connectivity index (χ2n) is 10.5. The van der Waals surface area contributed by atoms with Gasteiger partial charge in [0.25, 0.3) is 11.8 Å². The highest BCUT2D eigenvalue weighted by Crippen LogP contribution is 2.28. The number of hydrogen-bond acceptors (Lipinski definition) is 7. The van der Waals surface area contributed by atoms with E-state index >= 15 is 0 Å². The summed E-state index contributed by atoms with van der Waals surface area (Å²) in [6.07, 6.45) is 5.63. The van der Waals surface area contributed by atoms with Gasteiger partial charge in [-0.2, -0.15) is 0 Å². The van der Waals surface area contributed by atoms with Crippen LogP contribution in [0.15, 0.2) is 42.7 Å². The number of hydrogen-bond donors (Lipinski definition) is 2. The normalized spacial score (nSPS) is 22.2. The average molecular weight is 527 g/mol. The SMILES string of the molecule is C[C@@H]1CN([C@@H](C)CO)C(=O)c2cc(NC(=O)c3ccncc3)ccc2O[C@@H](C)CCCCO[C@@H]1CN(C)C. The highest BCUT2D eigenvalue weighted by molar-refractivity contribution is 6.05. The van der Waals surface area contributed by atoms with E-state index in [4.69, 9.17) is 9.47 Å². The first-order valence-corrected chi connectivity index (χ1v) is 13.4. The molecule has 0 radical (unpaired) electrons. The molecule has 0 saturated heterocycles. The molecule has 0 unspecified atom stereocenters. The van der Waals surface area contributed by atoms with E-state index < -0.39 is 6.04 Å². The Balaban J connectivity index is 1.98. The van der Waals surface area contributed by atoms with Crippen molar-refractivity contribution in [2.24, 2.45) is 5.92 Å². The van der Waals surface area contributed by atoms with Gasteiger partial charge in [0.15, 0.2) is 0 Å². The number of nitrogens with one attached hydrogen (secondary N) is 1. The van der Waals surface area contributed by atoms with Crippen LogP contribution in [0.3, 0.4) is 0 Å². The third-order valence-electron chi connectivity index (χ3n) is 6.80. The van der Waals surface area contributed by atoms with E-state index in [1.165, 1.54) is 0 Å². The van der Waals surface area contributed by atoms with Crippen molar-refractivity contribution in [3.05, 3.63) is 53.9 Å². The molecular weight excluding hydrogens is 484 g/mol. The Hall–Kier alpha value is -3.01. The average Bonchev–Trinajstić information content (AvgIpc) is 2.90. The molecule has 2 N–H and O–H groups in total. The van der Waals surface area contributed by atoms with Crippen molar-refractivity contribution in [3.63, 3.8) is 0 Å². The van der Waals surface area contributed by atoms with Gasteiger partial charge in [0.05, 0.1) is 30.4 Å². The van der Waals surface area contributed by atoms with Crippen LogP contribution in [0.5, 0.6) is 5.75 Å². The smallest absolute Gasteiger partial charge is 0.258 e. The zero-order valence-corrected chi connectivity index (χ0v) is 23.2. The molecule has 4 atom stereocenters. The van der Waals surface area contributed by atoms with Crippen LogP contribution in [-0.2, 0) is 4.74 Å². The summed E-state index contributed by atoms with van der Waals surface area (Å²) in [5.74, 6) is -0.0735. The number of rotatable bonds is 6. The zero-order chi connectivity index (χ0) is 27.7. The van der Waals surface area contributed by atoms with Gasteiger partial charge in [-0.15, -0.1) is 0 Å². The molecule has 1 aromatic carbocycles. The molecule has 0 saturated carbocycles. The van der Waals surface area contributed by atoms with Gasteiger partial charge in [0.2, 0.25) is 0 Å². The Morgan fingerprint density at radius 2 is 1.95 bits per heavy atom. The molecule has 0 bridgehead atoms. The largest absolute Gasteiger partial charge is 0.490 e. The molecule has 2 amide bonds. The van der Waals surface area contributed by atoms with Crippen molar-refractivity contribution in [2.45, 2.75) is 58.3 Å². The van der Waals surface area contributed by atoms with Gasteiger partial charge in [-0.3, -0.25) is 14.6 Å². The number of carbonyl (C=O) groups is 2. The zero-order valence-electron chi connectivity index (χ0n) is 23.2. The molecule has 2 heterocycles. The molecule has 3 rings (SSSR count).